The van der Waals surface area contributed by atoms with E-state index in [4.69, 9.17) is 0 Å². The summed E-state index contributed by atoms with van der Waals surface area (Å²) in [6.07, 6.45) is 7.86. The van der Waals surface area contributed by atoms with Crippen molar-refractivity contribution in [1.29, 1.82) is 0 Å². The first-order valence-electron chi connectivity index (χ1n) is 6.65. The monoisotopic (exact) mass is 241 g/mol. The third kappa shape index (κ3) is 2.31. The number of hydrogen-bond acceptors (Lipinski definition) is 2. The molecule has 3 nitrogen and oxygen atoms in total. The van der Waals surface area contributed by atoms with Crippen molar-refractivity contribution in [2.24, 2.45) is 7.05 Å². The highest BCUT2D eigenvalue weighted by Crippen LogP contribution is 2.25. The van der Waals surface area contributed by atoms with Crippen molar-refractivity contribution in [2.75, 3.05) is 6.54 Å². The molecule has 1 atom stereocenters. The predicted octanol–water partition coefficient (Wildman–Crippen LogP) is 2.90. The van der Waals surface area contributed by atoms with Gasteiger partial charge in [-0.1, -0.05) is 30.7 Å². The molecule has 1 aliphatic heterocycles. The Morgan fingerprint density at radius 1 is 1.17 bits per heavy atom. The van der Waals surface area contributed by atoms with Crippen LogP contribution < -0.4 is 5.32 Å². The van der Waals surface area contributed by atoms with E-state index in [2.05, 4.69) is 34.7 Å². The van der Waals surface area contributed by atoms with Crippen molar-refractivity contribution in [1.82, 2.24) is 15.1 Å². The van der Waals surface area contributed by atoms with E-state index in [1.807, 2.05) is 24.1 Å². The van der Waals surface area contributed by atoms with E-state index in [0.717, 1.165) is 6.54 Å². The van der Waals surface area contributed by atoms with E-state index in [1.54, 1.807) is 0 Å². The van der Waals surface area contributed by atoms with Crippen LogP contribution in [0.25, 0.3) is 11.1 Å². The van der Waals surface area contributed by atoms with E-state index in [-0.39, 0.29) is 0 Å². The van der Waals surface area contributed by atoms with E-state index in [1.165, 1.54) is 36.0 Å². The Morgan fingerprint density at radius 2 is 2.00 bits per heavy atom. The molecule has 2 aromatic rings. The normalized spacial score (nSPS) is 19.9. The van der Waals surface area contributed by atoms with Gasteiger partial charge in [0.2, 0.25) is 0 Å². The molecule has 0 spiro atoms. The Bertz CT molecular complexity index is 507. The van der Waals surface area contributed by atoms with Crippen LogP contribution in [0.3, 0.4) is 0 Å². The lowest BCUT2D eigenvalue weighted by Gasteiger charge is -2.23. The first kappa shape index (κ1) is 11.5. The van der Waals surface area contributed by atoms with Crippen LogP contribution in [0.1, 0.15) is 30.9 Å². The zero-order valence-electron chi connectivity index (χ0n) is 10.8. The number of nitrogens with zero attached hydrogens (tertiary/aromatic N) is 2. The van der Waals surface area contributed by atoms with Crippen molar-refractivity contribution >= 4 is 0 Å². The van der Waals surface area contributed by atoms with Crippen LogP contribution in [-0.4, -0.2) is 16.3 Å². The molecule has 0 bridgehead atoms. The van der Waals surface area contributed by atoms with Crippen molar-refractivity contribution in [3.05, 3.63) is 42.2 Å². The maximum absolute atomic E-state index is 4.21. The fourth-order valence-electron chi connectivity index (χ4n) is 2.61. The summed E-state index contributed by atoms with van der Waals surface area (Å²) in [7, 11) is 1.95. The molecule has 3 rings (SSSR count). The standard InChI is InChI=1S/C15H19N3/c1-18-11-14(10-17-18)12-5-7-13(8-6-12)15-4-2-3-9-16-15/h5-8,10-11,15-16H,2-4,9H2,1H3. The van der Waals surface area contributed by atoms with Gasteiger partial charge in [0, 0.05) is 24.8 Å². The lowest BCUT2D eigenvalue weighted by atomic mass is 9.96. The van der Waals surface area contributed by atoms with Gasteiger partial charge in [0.15, 0.2) is 0 Å². The predicted molar refractivity (Wildman–Crippen MR) is 73.2 cm³/mol. The SMILES string of the molecule is Cn1cc(-c2ccc(C3CCCCN3)cc2)cn1. The van der Waals surface area contributed by atoms with Gasteiger partial charge in [0.25, 0.3) is 0 Å². The van der Waals surface area contributed by atoms with Crippen molar-refractivity contribution < 1.29 is 0 Å². The average molecular weight is 241 g/mol. The summed E-state index contributed by atoms with van der Waals surface area (Å²) in [4.78, 5) is 0. The summed E-state index contributed by atoms with van der Waals surface area (Å²) in [5.41, 5.74) is 3.82. The number of hydrogen-bond donors (Lipinski definition) is 1. The minimum absolute atomic E-state index is 0.543. The second-order valence-corrected chi connectivity index (χ2v) is 5.03. The van der Waals surface area contributed by atoms with Gasteiger partial charge in [-0.15, -0.1) is 0 Å². The number of aryl methyl sites for hydroxylation is 1. The minimum Gasteiger partial charge on any atom is -0.310 e. The van der Waals surface area contributed by atoms with Gasteiger partial charge >= 0.3 is 0 Å². The fraction of sp³-hybridized carbons (Fsp3) is 0.400. The Morgan fingerprint density at radius 3 is 2.61 bits per heavy atom. The smallest absolute Gasteiger partial charge is 0.0568 e. The zero-order chi connectivity index (χ0) is 12.4. The van der Waals surface area contributed by atoms with Crippen LogP contribution in [0.15, 0.2) is 36.7 Å². The van der Waals surface area contributed by atoms with Gasteiger partial charge in [-0.3, -0.25) is 4.68 Å². The minimum atomic E-state index is 0.543. The summed E-state index contributed by atoms with van der Waals surface area (Å²) >= 11 is 0. The molecule has 1 aliphatic rings. The maximum atomic E-state index is 4.21. The summed E-state index contributed by atoms with van der Waals surface area (Å²) in [6.45, 7) is 1.15. The number of piperidine rings is 1. The van der Waals surface area contributed by atoms with Crippen molar-refractivity contribution in [2.45, 2.75) is 25.3 Å². The fourth-order valence-corrected chi connectivity index (χ4v) is 2.61. The molecule has 18 heavy (non-hydrogen) atoms. The van der Waals surface area contributed by atoms with E-state index in [9.17, 15) is 0 Å². The van der Waals surface area contributed by atoms with Crippen LogP contribution in [0.2, 0.25) is 0 Å². The van der Waals surface area contributed by atoms with Crippen LogP contribution >= 0.6 is 0 Å². The second-order valence-electron chi connectivity index (χ2n) is 5.03. The van der Waals surface area contributed by atoms with Crippen LogP contribution in [-0.2, 0) is 7.05 Å². The summed E-state index contributed by atoms with van der Waals surface area (Å²) in [5, 5.41) is 7.79. The summed E-state index contributed by atoms with van der Waals surface area (Å²) in [5.74, 6) is 0. The molecule has 94 valence electrons. The molecule has 1 aromatic heterocycles. The molecule has 1 N–H and O–H groups in total. The van der Waals surface area contributed by atoms with Gasteiger partial charge in [-0.25, -0.2) is 0 Å². The first-order chi connectivity index (χ1) is 8.83. The highest BCUT2D eigenvalue weighted by atomic mass is 15.2. The van der Waals surface area contributed by atoms with Gasteiger partial charge < -0.3 is 5.32 Å². The molecular formula is C15H19N3. The highest BCUT2D eigenvalue weighted by Gasteiger charge is 2.14. The quantitative estimate of drug-likeness (QED) is 0.876. The summed E-state index contributed by atoms with van der Waals surface area (Å²) < 4.78 is 1.84. The zero-order valence-corrected chi connectivity index (χ0v) is 10.8. The Labute approximate surface area is 108 Å². The number of rotatable bonds is 2. The van der Waals surface area contributed by atoms with E-state index in [0.29, 0.717) is 6.04 Å². The van der Waals surface area contributed by atoms with E-state index >= 15 is 0 Å². The van der Waals surface area contributed by atoms with Crippen LogP contribution in [0.5, 0.6) is 0 Å². The Balaban J connectivity index is 1.80. The van der Waals surface area contributed by atoms with Crippen molar-refractivity contribution in [3.8, 4) is 11.1 Å². The van der Waals surface area contributed by atoms with Gasteiger partial charge in [0.1, 0.15) is 0 Å². The number of nitrogens with one attached hydrogen (secondary N) is 1. The molecular weight excluding hydrogens is 222 g/mol. The van der Waals surface area contributed by atoms with Gasteiger partial charge in [0.05, 0.1) is 6.20 Å². The average Bonchev–Trinajstić information content (AvgIpc) is 2.87. The first-order valence-corrected chi connectivity index (χ1v) is 6.65. The topological polar surface area (TPSA) is 29.9 Å². The second kappa shape index (κ2) is 4.94. The largest absolute Gasteiger partial charge is 0.310 e. The van der Waals surface area contributed by atoms with Crippen LogP contribution in [0.4, 0.5) is 0 Å². The van der Waals surface area contributed by atoms with Crippen molar-refractivity contribution in [3.63, 3.8) is 0 Å². The third-order valence-corrected chi connectivity index (χ3v) is 3.66. The third-order valence-electron chi connectivity index (χ3n) is 3.66. The molecule has 2 heterocycles. The van der Waals surface area contributed by atoms with E-state index < -0.39 is 0 Å². The molecule has 0 aliphatic carbocycles. The number of benzene rings is 1. The highest BCUT2D eigenvalue weighted by molar-refractivity contribution is 5.62. The van der Waals surface area contributed by atoms with Gasteiger partial charge in [-0.2, -0.15) is 5.10 Å². The molecule has 0 saturated carbocycles. The lowest BCUT2D eigenvalue weighted by Crippen LogP contribution is -2.26. The lowest BCUT2D eigenvalue weighted by molar-refractivity contribution is 0.412. The molecule has 1 unspecified atom stereocenters. The molecule has 3 heteroatoms. The van der Waals surface area contributed by atoms with Crippen LogP contribution in [0, 0.1) is 0 Å². The maximum Gasteiger partial charge on any atom is 0.0568 e. The summed E-state index contributed by atoms with van der Waals surface area (Å²) in [6, 6.07) is 9.42. The molecule has 1 aromatic carbocycles. The Kier molecular flexibility index (Phi) is 3.15. The number of aromatic nitrogens is 2. The molecule has 0 radical (unpaired) electrons. The molecule has 1 saturated heterocycles. The van der Waals surface area contributed by atoms with Gasteiger partial charge in [-0.05, 0) is 30.5 Å². The Hall–Kier alpha value is -1.61. The molecule has 0 amide bonds. The molecule has 1 fully saturated rings.